The third kappa shape index (κ3) is 3.17. The molecule has 1 heterocycles. The van der Waals surface area contributed by atoms with Gasteiger partial charge in [0.2, 0.25) is 11.8 Å². The van der Waals surface area contributed by atoms with Crippen molar-refractivity contribution in [2.45, 2.75) is 32.2 Å². The Kier molecular flexibility index (Phi) is 4.87. The number of anilines is 1. The summed E-state index contributed by atoms with van der Waals surface area (Å²) in [5.74, 6) is -1.90. The fourth-order valence-corrected chi connectivity index (χ4v) is 5.13. The average molecular weight is 405 g/mol. The number of amides is 3. The monoisotopic (exact) mass is 404 g/mol. The van der Waals surface area contributed by atoms with Crippen LogP contribution in [0.4, 0.5) is 5.69 Å². The van der Waals surface area contributed by atoms with Gasteiger partial charge in [0.1, 0.15) is 6.04 Å². The lowest BCUT2D eigenvalue weighted by atomic mass is 9.81. The van der Waals surface area contributed by atoms with E-state index in [0.717, 1.165) is 24.2 Å². The van der Waals surface area contributed by atoms with E-state index < -0.39 is 24.5 Å². The quantitative estimate of drug-likeness (QED) is 0.600. The van der Waals surface area contributed by atoms with E-state index in [9.17, 15) is 19.2 Å². The molecule has 1 N–H and O–H groups in total. The SMILES string of the molecule is C[C@H](C(=O)OCC(=O)Nc1cccc(Cl)c1)N1C(=O)[C@@H]2[C@@H]3CC[C@H](C3)[C@@H]2C1=O. The maximum atomic E-state index is 12.7. The van der Waals surface area contributed by atoms with Crippen molar-refractivity contribution < 1.29 is 23.9 Å². The van der Waals surface area contributed by atoms with Crippen molar-refractivity contribution in [2.75, 3.05) is 11.9 Å². The fourth-order valence-electron chi connectivity index (χ4n) is 4.94. The van der Waals surface area contributed by atoms with E-state index in [1.165, 1.54) is 6.92 Å². The predicted octanol–water partition coefficient (Wildman–Crippen LogP) is 2.24. The molecule has 8 heteroatoms. The van der Waals surface area contributed by atoms with Gasteiger partial charge in [-0.3, -0.25) is 19.3 Å². The van der Waals surface area contributed by atoms with Crippen LogP contribution in [0.2, 0.25) is 5.02 Å². The smallest absolute Gasteiger partial charge is 0.329 e. The van der Waals surface area contributed by atoms with Crippen molar-refractivity contribution in [3.8, 4) is 0 Å². The molecule has 5 atom stereocenters. The lowest BCUT2D eigenvalue weighted by Gasteiger charge is -2.23. The zero-order valence-electron chi connectivity index (χ0n) is 15.4. The minimum atomic E-state index is -1.04. The molecule has 0 unspecified atom stereocenters. The third-order valence-corrected chi connectivity index (χ3v) is 6.38. The summed E-state index contributed by atoms with van der Waals surface area (Å²) < 4.78 is 5.04. The first kappa shape index (κ1) is 18.9. The second-order valence-corrected chi connectivity index (χ2v) is 8.21. The summed E-state index contributed by atoms with van der Waals surface area (Å²) in [4.78, 5) is 50.9. The normalized spacial score (nSPS) is 29.0. The molecule has 2 aliphatic carbocycles. The number of ether oxygens (including phenoxy) is 1. The molecule has 1 saturated heterocycles. The molecule has 0 aromatic heterocycles. The van der Waals surface area contributed by atoms with E-state index >= 15 is 0 Å². The number of halogens is 1. The minimum absolute atomic E-state index is 0.253. The number of nitrogens with one attached hydrogen (secondary N) is 1. The molecule has 0 spiro atoms. The van der Waals surface area contributed by atoms with Gasteiger partial charge in [0.15, 0.2) is 6.61 Å². The van der Waals surface area contributed by atoms with E-state index in [0.29, 0.717) is 10.7 Å². The molecule has 3 amide bonds. The van der Waals surface area contributed by atoms with Crippen LogP contribution in [0.25, 0.3) is 0 Å². The average Bonchev–Trinajstić information content (AvgIpc) is 3.33. The van der Waals surface area contributed by atoms with E-state index in [2.05, 4.69) is 5.32 Å². The number of fused-ring (bicyclic) bond motifs is 5. The number of imide groups is 1. The summed E-state index contributed by atoms with van der Waals surface area (Å²) in [5, 5.41) is 3.03. The Morgan fingerprint density at radius 1 is 1.21 bits per heavy atom. The van der Waals surface area contributed by atoms with Crippen LogP contribution in [-0.4, -0.2) is 41.2 Å². The van der Waals surface area contributed by atoms with E-state index in [-0.39, 0.29) is 35.5 Å². The first-order valence-electron chi connectivity index (χ1n) is 9.45. The molecule has 2 bridgehead atoms. The number of carbonyl (C=O) groups excluding carboxylic acids is 4. The largest absolute Gasteiger partial charge is 0.454 e. The zero-order valence-corrected chi connectivity index (χ0v) is 16.1. The summed E-state index contributed by atoms with van der Waals surface area (Å²) in [6.07, 6.45) is 2.88. The third-order valence-electron chi connectivity index (χ3n) is 6.14. The molecule has 3 aliphatic rings. The molecular weight excluding hydrogens is 384 g/mol. The first-order chi connectivity index (χ1) is 13.4. The van der Waals surface area contributed by atoms with Crippen molar-refractivity contribution >= 4 is 41.0 Å². The topological polar surface area (TPSA) is 92.8 Å². The number of benzene rings is 1. The lowest BCUT2D eigenvalue weighted by Crippen LogP contribution is -2.45. The highest BCUT2D eigenvalue weighted by molar-refractivity contribution is 6.30. The Bertz CT molecular complexity index is 829. The molecule has 0 radical (unpaired) electrons. The second kappa shape index (κ2) is 7.20. The molecule has 28 heavy (non-hydrogen) atoms. The molecule has 1 aromatic carbocycles. The number of nitrogens with zero attached hydrogens (tertiary/aromatic N) is 1. The Morgan fingerprint density at radius 3 is 2.46 bits per heavy atom. The van der Waals surface area contributed by atoms with Gasteiger partial charge in [-0.2, -0.15) is 0 Å². The Hall–Kier alpha value is -2.41. The Balaban J connectivity index is 1.34. The van der Waals surface area contributed by atoms with Crippen molar-refractivity contribution in [3.63, 3.8) is 0 Å². The number of rotatable bonds is 5. The van der Waals surface area contributed by atoms with Crippen molar-refractivity contribution in [1.82, 2.24) is 4.90 Å². The highest BCUT2D eigenvalue weighted by Gasteiger charge is 2.62. The zero-order chi connectivity index (χ0) is 20.0. The predicted molar refractivity (Wildman–Crippen MR) is 100 cm³/mol. The number of carbonyl (C=O) groups is 4. The van der Waals surface area contributed by atoms with Crippen LogP contribution < -0.4 is 5.32 Å². The van der Waals surface area contributed by atoms with E-state index in [1.807, 2.05) is 0 Å². The number of hydrogen-bond donors (Lipinski definition) is 1. The second-order valence-electron chi connectivity index (χ2n) is 7.77. The van der Waals surface area contributed by atoms with Gasteiger partial charge in [-0.05, 0) is 56.2 Å². The van der Waals surface area contributed by atoms with Gasteiger partial charge in [-0.25, -0.2) is 4.79 Å². The van der Waals surface area contributed by atoms with Crippen LogP contribution in [0, 0.1) is 23.7 Å². The lowest BCUT2D eigenvalue weighted by molar-refractivity contribution is -0.159. The van der Waals surface area contributed by atoms with Gasteiger partial charge >= 0.3 is 5.97 Å². The molecular formula is C20H21ClN2O5. The standard InChI is InChI=1S/C20H21ClN2O5/c1-10(20(27)28-9-15(24)22-14-4-2-3-13(21)8-14)23-18(25)16-11-5-6-12(7-11)17(16)19(23)26/h2-4,8,10-12,16-17H,5-7,9H2,1H3,(H,22,24)/t10-,11-,12-,16-,17+/m1/s1. The fraction of sp³-hybridized carbons (Fsp3) is 0.500. The molecule has 1 aliphatic heterocycles. The van der Waals surface area contributed by atoms with Crippen LogP contribution in [0.3, 0.4) is 0 Å². The van der Waals surface area contributed by atoms with Crippen molar-refractivity contribution in [2.24, 2.45) is 23.7 Å². The summed E-state index contributed by atoms with van der Waals surface area (Å²) in [6, 6.07) is 5.54. The molecule has 2 saturated carbocycles. The van der Waals surface area contributed by atoms with Gasteiger partial charge in [0, 0.05) is 10.7 Å². The number of likely N-dealkylation sites (tertiary alicyclic amines) is 1. The summed E-state index contributed by atoms with van der Waals surface area (Å²) in [6.45, 7) is 0.958. The Labute approximate surface area is 167 Å². The molecule has 4 rings (SSSR count). The van der Waals surface area contributed by atoms with E-state index in [1.54, 1.807) is 24.3 Å². The maximum Gasteiger partial charge on any atom is 0.329 e. The van der Waals surface area contributed by atoms with Crippen molar-refractivity contribution in [1.29, 1.82) is 0 Å². The van der Waals surface area contributed by atoms with Gasteiger partial charge < -0.3 is 10.1 Å². The summed E-state index contributed by atoms with van der Waals surface area (Å²) >= 11 is 5.86. The van der Waals surface area contributed by atoms with E-state index in [4.69, 9.17) is 16.3 Å². The van der Waals surface area contributed by atoms with Gasteiger partial charge in [-0.15, -0.1) is 0 Å². The number of hydrogen-bond acceptors (Lipinski definition) is 5. The van der Waals surface area contributed by atoms with Crippen LogP contribution in [0.5, 0.6) is 0 Å². The first-order valence-corrected chi connectivity index (χ1v) is 9.83. The minimum Gasteiger partial charge on any atom is -0.454 e. The van der Waals surface area contributed by atoms with Crippen molar-refractivity contribution in [3.05, 3.63) is 29.3 Å². The van der Waals surface area contributed by atoms with Crippen LogP contribution >= 0.6 is 11.6 Å². The molecule has 1 aromatic rings. The molecule has 7 nitrogen and oxygen atoms in total. The van der Waals surface area contributed by atoms with Gasteiger partial charge in [0.05, 0.1) is 11.8 Å². The van der Waals surface area contributed by atoms with Gasteiger partial charge in [-0.1, -0.05) is 17.7 Å². The summed E-state index contributed by atoms with van der Waals surface area (Å²) in [7, 11) is 0. The summed E-state index contributed by atoms with van der Waals surface area (Å²) in [5.41, 5.74) is 0.481. The highest BCUT2D eigenvalue weighted by Crippen LogP contribution is 2.56. The maximum absolute atomic E-state index is 12.7. The molecule has 3 fully saturated rings. The van der Waals surface area contributed by atoms with Crippen LogP contribution in [0.15, 0.2) is 24.3 Å². The highest BCUT2D eigenvalue weighted by atomic mass is 35.5. The van der Waals surface area contributed by atoms with Crippen LogP contribution in [-0.2, 0) is 23.9 Å². The van der Waals surface area contributed by atoms with Crippen LogP contribution in [0.1, 0.15) is 26.2 Å². The Morgan fingerprint density at radius 2 is 1.86 bits per heavy atom. The number of esters is 1. The molecule has 148 valence electrons. The van der Waals surface area contributed by atoms with Gasteiger partial charge in [0.25, 0.3) is 5.91 Å².